The first-order valence-corrected chi connectivity index (χ1v) is 9.37. The smallest absolute Gasteiger partial charge is 0.416 e. The number of aryl methyl sites for hydroxylation is 1. The van der Waals surface area contributed by atoms with Crippen LogP contribution < -0.4 is 15.3 Å². The van der Waals surface area contributed by atoms with E-state index in [1.807, 2.05) is 31.2 Å². The van der Waals surface area contributed by atoms with Crippen molar-refractivity contribution < 1.29 is 28.2 Å². The molecule has 0 saturated carbocycles. The number of hydrogen-bond acceptors (Lipinski definition) is 2. The fourth-order valence-electron chi connectivity index (χ4n) is 3.46. The summed E-state index contributed by atoms with van der Waals surface area (Å²) in [6, 6.07) is 15.5. The number of pyridine rings is 2. The van der Waals surface area contributed by atoms with Gasteiger partial charge in [-0.15, -0.1) is 0 Å². The van der Waals surface area contributed by atoms with Crippen molar-refractivity contribution in [3.8, 4) is 5.75 Å². The normalized spacial score (nSPS) is 12.7. The summed E-state index contributed by atoms with van der Waals surface area (Å²) in [6.45, 7) is 1.88. The summed E-state index contributed by atoms with van der Waals surface area (Å²) in [5, 5.41) is 15.0. The molecule has 0 fully saturated rings. The molecular formula is C23H20F3N3O+2. The van der Waals surface area contributed by atoms with Gasteiger partial charge in [-0.1, -0.05) is 12.1 Å². The molecule has 7 heteroatoms. The molecule has 4 rings (SSSR count). The molecule has 0 aliphatic rings. The Morgan fingerprint density at radius 1 is 1.00 bits per heavy atom. The van der Waals surface area contributed by atoms with Crippen LogP contribution in [0.1, 0.15) is 28.4 Å². The molecular weight excluding hydrogens is 391 g/mol. The minimum atomic E-state index is -4.44. The largest absolute Gasteiger partial charge is 0.502 e. The van der Waals surface area contributed by atoms with Crippen molar-refractivity contribution in [2.45, 2.75) is 19.1 Å². The van der Waals surface area contributed by atoms with Crippen LogP contribution in [0.15, 0.2) is 73.1 Å². The van der Waals surface area contributed by atoms with Crippen molar-refractivity contribution in [2.75, 3.05) is 5.32 Å². The SMILES string of the molecule is Cc1ccc2ccc(C(Nc3cccc(C(F)(F)F)c3)c3ccc[nH+]c3)c(O)c2[nH+]1. The minimum Gasteiger partial charge on any atom is -0.502 e. The Hall–Kier alpha value is -3.61. The van der Waals surface area contributed by atoms with Crippen LogP contribution in [0.5, 0.6) is 5.75 Å². The zero-order valence-electron chi connectivity index (χ0n) is 16.1. The topological polar surface area (TPSA) is 60.5 Å². The van der Waals surface area contributed by atoms with E-state index in [2.05, 4.69) is 15.3 Å². The van der Waals surface area contributed by atoms with Crippen LogP contribution in [-0.4, -0.2) is 5.11 Å². The highest BCUT2D eigenvalue weighted by atomic mass is 19.4. The van der Waals surface area contributed by atoms with Gasteiger partial charge in [0.25, 0.3) is 5.52 Å². The number of aromatic hydroxyl groups is 1. The van der Waals surface area contributed by atoms with E-state index in [1.165, 1.54) is 6.07 Å². The number of aromatic nitrogens is 2. The summed E-state index contributed by atoms with van der Waals surface area (Å²) in [7, 11) is 0. The molecule has 0 radical (unpaired) electrons. The summed E-state index contributed by atoms with van der Waals surface area (Å²) in [6.07, 6.45) is -0.956. The first kappa shape index (κ1) is 19.7. The predicted molar refractivity (Wildman–Crippen MR) is 107 cm³/mol. The molecule has 4 nitrogen and oxygen atoms in total. The Morgan fingerprint density at radius 3 is 2.53 bits per heavy atom. The number of fused-ring (bicyclic) bond motifs is 1. The molecule has 1 atom stereocenters. The van der Waals surface area contributed by atoms with Crippen LogP contribution in [-0.2, 0) is 6.18 Å². The van der Waals surface area contributed by atoms with Crippen molar-refractivity contribution in [1.29, 1.82) is 0 Å². The molecule has 4 N–H and O–H groups in total. The maximum absolute atomic E-state index is 13.2. The van der Waals surface area contributed by atoms with Crippen molar-refractivity contribution >= 4 is 16.6 Å². The van der Waals surface area contributed by atoms with Crippen LogP contribution in [0.3, 0.4) is 0 Å². The maximum Gasteiger partial charge on any atom is 0.416 e. The van der Waals surface area contributed by atoms with Crippen LogP contribution in [0.25, 0.3) is 10.9 Å². The lowest BCUT2D eigenvalue weighted by Crippen LogP contribution is -2.17. The Kier molecular flexibility index (Phi) is 5.03. The van der Waals surface area contributed by atoms with E-state index in [-0.39, 0.29) is 5.75 Å². The number of phenolic OH excluding ortho intramolecular Hbond substituents is 1. The second-order valence-electron chi connectivity index (χ2n) is 7.10. The number of benzene rings is 2. The van der Waals surface area contributed by atoms with Crippen molar-refractivity contribution in [2.24, 2.45) is 0 Å². The molecule has 2 aromatic heterocycles. The third-order valence-electron chi connectivity index (χ3n) is 4.95. The quantitative estimate of drug-likeness (QED) is 0.511. The molecule has 0 saturated heterocycles. The van der Waals surface area contributed by atoms with Gasteiger partial charge in [0.2, 0.25) is 0 Å². The number of rotatable bonds is 4. The third kappa shape index (κ3) is 3.91. The lowest BCUT2D eigenvalue weighted by Gasteiger charge is -2.21. The van der Waals surface area contributed by atoms with Crippen LogP contribution in [0.2, 0.25) is 0 Å². The predicted octanol–water partition coefficient (Wildman–Crippen LogP) is 4.70. The Balaban J connectivity index is 1.83. The fourth-order valence-corrected chi connectivity index (χ4v) is 3.46. The number of anilines is 1. The fraction of sp³-hybridized carbons (Fsp3) is 0.130. The Labute approximate surface area is 171 Å². The van der Waals surface area contributed by atoms with E-state index in [1.54, 1.807) is 30.6 Å². The molecule has 152 valence electrons. The summed E-state index contributed by atoms with van der Waals surface area (Å²) < 4.78 is 39.5. The number of halogens is 3. The summed E-state index contributed by atoms with van der Waals surface area (Å²) >= 11 is 0. The third-order valence-corrected chi connectivity index (χ3v) is 4.95. The molecule has 4 aromatic rings. The number of alkyl halides is 3. The van der Waals surface area contributed by atoms with Crippen LogP contribution in [0.4, 0.5) is 18.9 Å². The van der Waals surface area contributed by atoms with Gasteiger partial charge >= 0.3 is 6.18 Å². The van der Waals surface area contributed by atoms with Gasteiger partial charge in [-0.2, -0.15) is 13.2 Å². The van der Waals surface area contributed by atoms with Crippen molar-refractivity contribution in [1.82, 2.24) is 0 Å². The second kappa shape index (κ2) is 7.67. The molecule has 1 unspecified atom stereocenters. The average molecular weight is 411 g/mol. The Morgan fingerprint density at radius 2 is 1.80 bits per heavy atom. The molecule has 2 aromatic carbocycles. The molecule has 0 bridgehead atoms. The van der Waals surface area contributed by atoms with Gasteiger partial charge in [0.1, 0.15) is 0 Å². The molecule has 0 aliphatic carbocycles. The van der Waals surface area contributed by atoms with Gasteiger partial charge in [-0.3, -0.25) is 0 Å². The van der Waals surface area contributed by atoms with E-state index < -0.39 is 17.8 Å². The van der Waals surface area contributed by atoms with Crippen molar-refractivity contribution in [3.63, 3.8) is 0 Å². The first-order chi connectivity index (χ1) is 14.3. The number of nitrogens with one attached hydrogen (secondary N) is 3. The lowest BCUT2D eigenvalue weighted by molar-refractivity contribution is -0.378. The van der Waals surface area contributed by atoms with Gasteiger partial charge in [0.05, 0.1) is 17.0 Å². The highest BCUT2D eigenvalue weighted by Gasteiger charge is 2.31. The molecule has 0 aliphatic heterocycles. The van der Waals surface area contributed by atoms with Gasteiger partial charge in [0, 0.05) is 35.9 Å². The first-order valence-electron chi connectivity index (χ1n) is 9.37. The van der Waals surface area contributed by atoms with Gasteiger partial charge in [-0.05, 0) is 36.4 Å². The van der Waals surface area contributed by atoms with Gasteiger partial charge in [-0.25, -0.2) is 9.97 Å². The minimum absolute atomic E-state index is 0.0459. The van der Waals surface area contributed by atoms with E-state index in [0.29, 0.717) is 16.8 Å². The van der Waals surface area contributed by atoms with Gasteiger partial charge < -0.3 is 10.4 Å². The summed E-state index contributed by atoms with van der Waals surface area (Å²) in [4.78, 5) is 6.15. The van der Waals surface area contributed by atoms with E-state index in [4.69, 9.17) is 0 Å². The zero-order chi connectivity index (χ0) is 21.3. The van der Waals surface area contributed by atoms with E-state index in [0.717, 1.165) is 28.8 Å². The summed E-state index contributed by atoms with van der Waals surface area (Å²) in [5.41, 5.74) is 2.32. The number of phenols is 1. The van der Waals surface area contributed by atoms with Crippen LogP contribution in [0, 0.1) is 6.92 Å². The highest BCUT2D eigenvalue weighted by molar-refractivity contribution is 5.83. The standard InChI is InChI=1S/C23H18F3N3O/c1-14-7-8-15-9-10-19(22(30)21(15)28-14)20(16-4-3-11-27-13-16)29-18-6-2-5-17(12-18)23(24,25)26/h2-13,20,29-30H,1H3/p+2. The van der Waals surface area contributed by atoms with E-state index in [9.17, 15) is 18.3 Å². The van der Waals surface area contributed by atoms with Crippen LogP contribution >= 0.6 is 0 Å². The molecule has 2 heterocycles. The second-order valence-corrected chi connectivity index (χ2v) is 7.10. The number of H-pyrrole nitrogens is 2. The number of hydrogen-bond donors (Lipinski definition) is 2. The van der Waals surface area contributed by atoms with Gasteiger partial charge in [0.15, 0.2) is 23.8 Å². The van der Waals surface area contributed by atoms with E-state index >= 15 is 0 Å². The monoisotopic (exact) mass is 411 g/mol. The summed E-state index contributed by atoms with van der Waals surface area (Å²) in [5.74, 6) is 0.0459. The molecule has 0 spiro atoms. The highest BCUT2D eigenvalue weighted by Crippen LogP contribution is 2.37. The molecule has 30 heavy (non-hydrogen) atoms. The molecule has 0 amide bonds. The number of aromatic amines is 2. The lowest BCUT2D eigenvalue weighted by atomic mass is 9.97. The van der Waals surface area contributed by atoms with Crippen molar-refractivity contribution in [3.05, 3.63) is 95.4 Å². The zero-order valence-corrected chi connectivity index (χ0v) is 16.1. The average Bonchev–Trinajstić information content (AvgIpc) is 2.73. The maximum atomic E-state index is 13.2. The Bertz CT molecular complexity index is 1190.